The summed E-state index contributed by atoms with van der Waals surface area (Å²) in [6.07, 6.45) is 1.50. The summed E-state index contributed by atoms with van der Waals surface area (Å²) in [5.41, 5.74) is 3.93. The summed E-state index contributed by atoms with van der Waals surface area (Å²) in [7, 11) is 1.68. The maximum Gasteiger partial charge on any atom is 0.254 e. The summed E-state index contributed by atoms with van der Waals surface area (Å²) in [6, 6.07) is 18.1. The SMILES string of the molecule is COc1ccc(Nc2cc(C)nc3ncnn23)cc1-c1ccccc1. The highest BCUT2D eigenvalue weighted by molar-refractivity contribution is 5.76. The van der Waals surface area contributed by atoms with Crippen molar-refractivity contribution in [3.8, 4) is 16.9 Å². The lowest BCUT2D eigenvalue weighted by Crippen LogP contribution is -2.03. The van der Waals surface area contributed by atoms with Gasteiger partial charge in [0.15, 0.2) is 0 Å². The van der Waals surface area contributed by atoms with E-state index in [1.165, 1.54) is 6.33 Å². The van der Waals surface area contributed by atoms with Crippen LogP contribution < -0.4 is 10.1 Å². The molecule has 1 N–H and O–H groups in total. The first-order valence-corrected chi connectivity index (χ1v) is 7.92. The molecule has 0 atom stereocenters. The smallest absolute Gasteiger partial charge is 0.254 e. The van der Waals surface area contributed by atoms with E-state index in [1.54, 1.807) is 11.6 Å². The highest BCUT2D eigenvalue weighted by Gasteiger charge is 2.10. The van der Waals surface area contributed by atoms with Gasteiger partial charge in [-0.2, -0.15) is 14.6 Å². The van der Waals surface area contributed by atoms with Crippen LogP contribution in [0.1, 0.15) is 5.69 Å². The Labute approximate surface area is 145 Å². The van der Waals surface area contributed by atoms with E-state index in [-0.39, 0.29) is 0 Å². The third-order valence-electron chi connectivity index (χ3n) is 3.94. The van der Waals surface area contributed by atoms with Gasteiger partial charge in [0.05, 0.1) is 7.11 Å². The van der Waals surface area contributed by atoms with E-state index in [0.29, 0.717) is 5.78 Å². The summed E-state index contributed by atoms with van der Waals surface area (Å²) in [4.78, 5) is 8.51. The highest BCUT2D eigenvalue weighted by Crippen LogP contribution is 2.33. The molecule has 0 unspecified atom stereocenters. The maximum atomic E-state index is 5.52. The molecule has 2 aromatic carbocycles. The number of fused-ring (bicyclic) bond motifs is 1. The molecule has 25 heavy (non-hydrogen) atoms. The van der Waals surface area contributed by atoms with Gasteiger partial charge in [-0.05, 0) is 30.7 Å². The molecular formula is C19H17N5O. The van der Waals surface area contributed by atoms with Crippen LogP contribution in [0.25, 0.3) is 16.9 Å². The molecule has 0 saturated carbocycles. The summed E-state index contributed by atoms with van der Waals surface area (Å²) in [6.45, 7) is 1.93. The van der Waals surface area contributed by atoms with Gasteiger partial charge in [0.25, 0.3) is 5.78 Å². The molecule has 2 aromatic heterocycles. The van der Waals surface area contributed by atoms with Crippen molar-refractivity contribution in [2.75, 3.05) is 12.4 Å². The van der Waals surface area contributed by atoms with Crippen molar-refractivity contribution in [1.29, 1.82) is 0 Å². The molecule has 124 valence electrons. The van der Waals surface area contributed by atoms with Crippen molar-refractivity contribution in [3.05, 3.63) is 66.6 Å². The Morgan fingerprint density at radius 2 is 1.88 bits per heavy atom. The fourth-order valence-corrected chi connectivity index (χ4v) is 2.80. The number of ether oxygens (including phenoxy) is 1. The zero-order valence-electron chi connectivity index (χ0n) is 14.0. The average molecular weight is 331 g/mol. The summed E-state index contributed by atoms with van der Waals surface area (Å²) in [5, 5.41) is 7.63. The molecule has 6 heteroatoms. The van der Waals surface area contributed by atoms with E-state index in [2.05, 4.69) is 38.6 Å². The van der Waals surface area contributed by atoms with Crippen LogP contribution in [0.2, 0.25) is 0 Å². The van der Waals surface area contributed by atoms with Crippen LogP contribution in [-0.4, -0.2) is 26.7 Å². The Bertz CT molecular complexity index is 1030. The van der Waals surface area contributed by atoms with Crippen molar-refractivity contribution in [2.24, 2.45) is 0 Å². The van der Waals surface area contributed by atoms with Crippen LogP contribution in [-0.2, 0) is 0 Å². The molecule has 0 amide bonds. The van der Waals surface area contributed by atoms with Gasteiger partial charge in [0.1, 0.15) is 17.9 Å². The maximum absolute atomic E-state index is 5.52. The predicted molar refractivity (Wildman–Crippen MR) is 97.2 cm³/mol. The monoisotopic (exact) mass is 331 g/mol. The van der Waals surface area contributed by atoms with Crippen molar-refractivity contribution in [2.45, 2.75) is 6.92 Å². The van der Waals surface area contributed by atoms with Gasteiger partial charge in [-0.1, -0.05) is 30.3 Å². The predicted octanol–water partition coefficient (Wildman–Crippen LogP) is 3.85. The van der Waals surface area contributed by atoms with Crippen molar-refractivity contribution in [3.63, 3.8) is 0 Å². The molecule has 0 aliphatic heterocycles. The van der Waals surface area contributed by atoms with Gasteiger partial charge < -0.3 is 10.1 Å². The van der Waals surface area contributed by atoms with E-state index in [1.807, 2.05) is 43.3 Å². The van der Waals surface area contributed by atoms with Gasteiger partial charge in [0, 0.05) is 23.0 Å². The quantitative estimate of drug-likeness (QED) is 0.615. The van der Waals surface area contributed by atoms with E-state index >= 15 is 0 Å². The first kappa shape index (κ1) is 15.1. The van der Waals surface area contributed by atoms with Crippen molar-refractivity contribution >= 4 is 17.3 Å². The highest BCUT2D eigenvalue weighted by atomic mass is 16.5. The molecular weight excluding hydrogens is 314 g/mol. The molecule has 0 aliphatic carbocycles. The van der Waals surface area contributed by atoms with Gasteiger partial charge in [0.2, 0.25) is 0 Å². The first-order chi connectivity index (χ1) is 12.2. The number of aryl methyl sites for hydroxylation is 1. The van der Waals surface area contributed by atoms with Gasteiger partial charge in [-0.3, -0.25) is 0 Å². The summed E-state index contributed by atoms with van der Waals surface area (Å²) >= 11 is 0. The van der Waals surface area contributed by atoms with E-state index in [0.717, 1.165) is 34.1 Å². The van der Waals surface area contributed by atoms with Crippen LogP contribution in [0, 0.1) is 6.92 Å². The number of nitrogens with one attached hydrogen (secondary N) is 1. The largest absolute Gasteiger partial charge is 0.496 e. The zero-order chi connectivity index (χ0) is 17.2. The fraction of sp³-hybridized carbons (Fsp3) is 0.105. The lowest BCUT2D eigenvalue weighted by Gasteiger charge is -2.13. The molecule has 6 nitrogen and oxygen atoms in total. The van der Waals surface area contributed by atoms with Crippen LogP contribution in [0.5, 0.6) is 5.75 Å². The second-order valence-electron chi connectivity index (χ2n) is 5.66. The molecule has 0 bridgehead atoms. The second-order valence-corrected chi connectivity index (χ2v) is 5.66. The molecule has 4 aromatic rings. The number of benzene rings is 2. The van der Waals surface area contributed by atoms with Crippen molar-refractivity contribution in [1.82, 2.24) is 19.6 Å². The van der Waals surface area contributed by atoms with Gasteiger partial charge in [-0.25, -0.2) is 4.98 Å². The number of aromatic nitrogens is 4. The van der Waals surface area contributed by atoms with Crippen LogP contribution in [0.15, 0.2) is 60.9 Å². The lowest BCUT2D eigenvalue weighted by atomic mass is 10.0. The number of hydrogen-bond acceptors (Lipinski definition) is 5. The van der Waals surface area contributed by atoms with Gasteiger partial charge in [-0.15, -0.1) is 0 Å². The van der Waals surface area contributed by atoms with E-state index in [9.17, 15) is 0 Å². The number of hydrogen-bond donors (Lipinski definition) is 1. The van der Waals surface area contributed by atoms with Crippen LogP contribution in [0.3, 0.4) is 0 Å². The average Bonchev–Trinajstić information content (AvgIpc) is 3.11. The Kier molecular flexibility index (Phi) is 3.78. The third-order valence-corrected chi connectivity index (χ3v) is 3.94. The third kappa shape index (κ3) is 2.89. The molecule has 0 fully saturated rings. The molecule has 0 spiro atoms. The minimum Gasteiger partial charge on any atom is -0.496 e. The minimum absolute atomic E-state index is 0.569. The Morgan fingerprint density at radius 1 is 1.04 bits per heavy atom. The number of rotatable bonds is 4. The van der Waals surface area contributed by atoms with E-state index in [4.69, 9.17) is 4.74 Å². The first-order valence-electron chi connectivity index (χ1n) is 7.92. The summed E-state index contributed by atoms with van der Waals surface area (Å²) in [5.74, 6) is 2.21. The molecule has 4 rings (SSSR count). The minimum atomic E-state index is 0.569. The molecule has 0 aliphatic rings. The molecule has 0 radical (unpaired) electrons. The lowest BCUT2D eigenvalue weighted by molar-refractivity contribution is 0.416. The van der Waals surface area contributed by atoms with Gasteiger partial charge >= 0.3 is 0 Å². The van der Waals surface area contributed by atoms with Crippen LogP contribution in [0.4, 0.5) is 11.5 Å². The summed E-state index contributed by atoms with van der Waals surface area (Å²) < 4.78 is 7.20. The Hall–Kier alpha value is -3.41. The van der Waals surface area contributed by atoms with Crippen LogP contribution >= 0.6 is 0 Å². The Morgan fingerprint density at radius 3 is 2.68 bits per heavy atom. The van der Waals surface area contributed by atoms with E-state index < -0.39 is 0 Å². The zero-order valence-corrected chi connectivity index (χ0v) is 14.0. The topological polar surface area (TPSA) is 64.3 Å². The fourth-order valence-electron chi connectivity index (χ4n) is 2.80. The van der Waals surface area contributed by atoms with Crippen molar-refractivity contribution < 1.29 is 4.74 Å². The standard InChI is InChI=1S/C19H17N5O/c1-13-10-18(24-19(22-13)20-12-21-24)23-15-8-9-17(25-2)16(11-15)14-6-4-3-5-7-14/h3-12,23H,1-2H3. The molecule has 0 saturated heterocycles. The normalized spacial score (nSPS) is 10.8. The second kappa shape index (κ2) is 6.24. The number of anilines is 2. The number of methoxy groups -OCH3 is 1. The molecule has 2 heterocycles. The Balaban J connectivity index is 1.77. The number of nitrogens with zero attached hydrogens (tertiary/aromatic N) is 4.